The van der Waals surface area contributed by atoms with Crippen LogP contribution < -0.4 is 10.6 Å². The van der Waals surface area contributed by atoms with Crippen LogP contribution in [-0.4, -0.2) is 37.9 Å². The lowest BCUT2D eigenvalue weighted by Gasteiger charge is -2.08. The van der Waals surface area contributed by atoms with E-state index in [0.29, 0.717) is 5.92 Å². The van der Waals surface area contributed by atoms with E-state index >= 15 is 0 Å². The second-order valence-corrected chi connectivity index (χ2v) is 11.1. The molecule has 0 radical (unpaired) electrons. The Balaban J connectivity index is 1.29. The van der Waals surface area contributed by atoms with Crippen molar-refractivity contribution < 1.29 is 9.59 Å². The fourth-order valence-corrected chi connectivity index (χ4v) is 5.78. The molecule has 2 N–H and O–H groups in total. The third-order valence-corrected chi connectivity index (χ3v) is 8.17. The Kier molecular flexibility index (Phi) is 7.91. The number of anilines is 2. The van der Waals surface area contributed by atoms with E-state index < -0.39 is 0 Å². The number of fused-ring (bicyclic) bond motifs is 1. The number of hydrogen-bond donors (Lipinski definition) is 2. The van der Waals surface area contributed by atoms with Crippen molar-refractivity contribution in [3.63, 3.8) is 0 Å². The van der Waals surface area contributed by atoms with Crippen LogP contribution in [-0.2, 0) is 16.6 Å². The van der Waals surface area contributed by atoms with E-state index in [-0.39, 0.29) is 23.3 Å². The number of amides is 2. The number of carbonyl (C=O) groups is 2. The smallest absolute Gasteiger partial charge is 0.234 e. The van der Waals surface area contributed by atoms with Gasteiger partial charge in [-0.05, 0) is 41.8 Å². The van der Waals surface area contributed by atoms with Crippen molar-refractivity contribution in [1.82, 2.24) is 14.5 Å². The van der Waals surface area contributed by atoms with Gasteiger partial charge in [-0.1, -0.05) is 49.5 Å². The lowest BCUT2D eigenvalue weighted by Crippen LogP contribution is -2.14. The molecule has 2 aromatic heterocycles. The predicted molar refractivity (Wildman–Crippen MR) is 142 cm³/mol. The summed E-state index contributed by atoms with van der Waals surface area (Å²) in [7, 11) is 1.90. The lowest BCUT2D eigenvalue weighted by molar-refractivity contribution is -0.114. The largest absolute Gasteiger partial charge is 0.329 e. The number of thioether (sulfide) groups is 2. The fraction of sp³-hybridized carbons (Fsp3) is 0.250. The Hall–Kier alpha value is -2.82. The molecule has 0 spiro atoms. The summed E-state index contributed by atoms with van der Waals surface area (Å²) in [5.74, 6) is 0.852. The molecule has 2 amide bonds. The summed E-state index contributed by atoms with van der Waals surface area (Å²) in [6.07, 6.45) is 3.56. The standard InChI is InChI=1S/C24H25N5O2S3/c1-15(2)16-4-6-17(7-5-16)26-22(31)14-33-24-28-19-9-8-18(12-20(19)34-24)27-21(30)13-32-23-25-10-11-29(23)3/h4-12,15H,13-14H2,1-3H3,(H,26,31)(H,27,30). The molecule has 0 atom stereocenters. The van der Waals surface area contributed by atoms with Crippen LogP contribution in [0.3, 0.4) is 0 Å². The highest BCUT2D eigenvalue weighted by atomic mass is 32.2. The van der Waals surface area contributed by atoms with Gasteiger partial charge in [0.2, 0.25) is 11.8 Å². The molecule has 0 bridgehead atoms. The molecule has 4 aromatic rings. The zero-order valence-corrected chi connectivity index (χ0v) is 21.5. The van der Waals surface area contributed by atoms with Crippen molar-refractivity contribution in [2.24, 2.45) is 7.05 Å². The molecule has 0 aliphatic rings. The maximum absolute atomic E-state index is 12.4. The Morgan fingerprint density at radius 3 is 2.35 bits per heavy atom. The highest BCUT2D eigenvalue weighted by Crippen LogP contribution is 2.31. The maximum Gasteiger partial charge on any atom is 0.234 e. The van der Waals surface area contributed by atoms with Crippen LogP contribution in [0.5, 0.6) is 0 Å². The first-order chi connectivity index (χ1) is 16.4. The Morgan fingerprint density at radius 1 is 1.00 bits per heavy atom. The van der Waals surface area contributed by atoms with Gasteiger partial charge < -0.3 is 15.2 Å². The van der Waals surface area contributed by atoms with Crippen molar-refractivity contribution in [1.29, 1.82) is 0 Å². The van der Waals surface area contributed by atoms with Crippen molar-refractivity contribution in [2.45, 2.75) is 29.3 Å². The lowest BCUT2D eigenvalue weighted by atomic mass is 10.0. The minimum atomic E-state index is -0.0930. The summed E-state index contributed by atoms with van der Waals surface area (Å²) in [6, 6.07) is 13.6. The van der Waals surface area contributed by atoms with E-state index in [1.54, 1.807) is 6.20 Å². The van der Waals surface area contributed by atoms with Crippen LogP contribution in [0.2, 0.25) is 0 Å². The summed E-state index contributed by atoms with van der Waals surface area (Å²) in [6.45, 7) is 4.28. The molecule has 0 unspecified atom stereocenters. The Bertz CT molecular complexity index is 1300. The number of aryl methyl sites for hydroxylation is 1. The van der Waals surface area contributed by atoms with Crippen molar-refractivity contribution in [3.8, 4) is 0 Å². The van der Waals surface area contributed by atoms with Gasteiger partial charge in [0, 0.05) is 30.8 Å². The average Bonchev–Trinajstić information content (AvgIpc) is 3.41. The van der Waals surface area contributed by atoms with E-state index in [0.717, 1.165) is 31.1 Å². The number of rotatable bonds is 9. The van der Waals surface area contributed by atoms with Crippen molar-refractivity contribution in [3.05, 3.63) is 60.4 Å². The number of imidazole rings is 1. The summed E-state index contributed by atoms with van der Waals surface area (Å²) < 4.78 is 3.65. The molecule has 34 heavy (non-hydrogen) atoms. The molecule has 10 heteroatoms. The van der Waals surface area contributed by atoms with Gasteiger partial charge in [0.1, 0.15) is 0 Å². The minimum absolute atomic E-state index is 0.0697. The first-order valence-corrected chi connectivity index (χ1v) is 13.5. The van der Waals surface area contributed by atoms with Crippen LogP contribution >= 0.6 is 34.9 Å². The zero-order valence-electron chi connectivity index (χ0n) is 19.1. The third kappa shape index (κ3) is 6.40. The number of thiazole rings is 1. The first kappa shape index (κ1) is 24.3. The second-order valence-electron chi connectivity index (χ2n) is 7.93. The first-order valence-electron chi connectivity index (χ1n) is 10.7. The highest BCUT2D eigenvalue weighted by molar-refractivity contribution is 8.01. The van der Waals surface area contributed by atoms with Gasteiger partial charge in [0.05, 0.1) is 21.7 Å². The number of nitrogens with one attached hydrogen (secondary N) is 2. The van der Waals surface area contributed by atoms with E-state index in [9.17, 15) is 9.59 Å². The van der Waals surface area contributed by atoms with Crippen LogP contribution in [0.1, 0.15) is 25.3 Å². The summed E-state index contributed by atoms with van der Waals surface area (Å²) in [4.78, 5) is 33.5. The van der Waals surface area contributed by atoms with Crippen LogP contribution in [0, 0.1) is 0 Å². The minimum Gasteiger partial charge on any atom is -0.329 e. The molecule has 4 rings (SSSR count). The van der Waals surface area contributed by atoms with Gasteiger partial charge in [0.25, 0.3) is 0 Å². The Morgan fingerprint density at radius 2 is 1.68 bits per heavy atom. The Labute approximate surface area is 210 Å². The molecular weight excluding hydrogens is 486 g/mol. The van der Waals surface area contributed by atoms with Crippen molar-refractivity contribution >= 4 is 68.3 Å². The second kappa shape index (κ2) is 11.1. The number of aromatic nitrogens is 3. The molecule has 0 fully saturated rings. The monoisotopic (exact) mass is 511 g/mol. The molecule has 0 aliphatic carbocycles. The molecule has 7 nitrogen and oxygen atoms in total. The van der Waals surface area contributed by atoms with Gasteiger partial charge in [-0.2, -0.15) is 0 Å². The van der Waals surface area contributed by atoms with E-state index in [4.69, 9.17) is 0 Å². The molecule has 0 saturated carbocycles. The molecular formula is C24H25N5O2S3. The summed E-state index contributed by atoms with van der Waals surface area (Å²) >= 11 is 4.30. The summed E-state index contributed by atoms with van der Waals surface area (Å²) in [5, 5.41) is 6.65. The average molecular weight is 512 g/mol. The zero-order chi connectivity index (χ0) is 24.1. The van der Waals surface area contributed by atoms with E-state index in [2.05, 4.69) is 34.4 Å². The fourth-order valence-electron chi connectivity index (χ4n) is 3.14. The van der Waals surface area contributed by atoms with E-state index in [1.807, 2.05) is 60.3 Å². The quantitative estimate of drug-likeness (QED) is 0.284. The SMILES string of the molecule is CC(C)c1ccc(NC(=O)CSc2nc3ccc(NC(=O)CSc4nccn4C)cc3s2)cc1. The number of nitrogens with zero attached hydrogens (tertiary/aromatic N) is 3. The molecule has 176 valence electrons. The van der Waals surface area contributed by atoms with Crippen LogP contribution in [0.15, 0.2) is 64.4 Å². The molecule has 0 saturated heterocycles. The predicted octanol–water partition coefficient (Wildman–Crippen LogP) is 5.61. The van der Waals surface area contributed by atoms with Gasteiger partial charge in [-0.25, -0.2) is 9.97 Å². The molecule has 2 heterocycles. The molecule has 2 aromatic carbocycles. The number of benzene rings is 2. The van der Waals surface area contributed by atoms with Gasteiger partial charge >= 0.3 is 0 Å². The normalized spacial score (nSPS) is 11.2. The number of hydrogen-bond acceptors (Lipinski definition) is 7. The highest BCUT2D eigenvalue weighted by Gasteiger charge is 2.11. The van der Waals surface area contributed by atoms with Gasteiger partial charge in [0.15, 0.2) is 9.50 Å². The third-order valence-electron chi connectivity index (χ3n) is 4.95. The summed E-state index contributed by atoms with van der Waals surface area (Å²) in [5.41, 5.74) is 3.60. The number of carbonyl (C=O) groups excluding carboxylic acids is 2. The van der Waals surface area contributed by atoms with Gasteiger partial charge in [-0.3, -0.25) is 9.59 Å². The van der Waals surface area contributed by atoms with Gasteiger partial charge in [-0.15, -0.1) is 11.3 Å². The maximum atomic E-state index is 12.4. The van der Waals surface area contributed by atoms with Crippen LogP contribution in [0.25, 0.3) is 10.2 Å². The van der Waals surface area contributed by atoms with Crippen LogP contribution in [0.4, 0.5) is 11.4 Å². The van der Waals surface area contributed by atoms with E-state index in [1.165, 1.54) is 40.4 Å². The molecule has 0 aliphatic heterocycles. The topological polar surface area (TPSA) is 88.9 Å². The van der Waals surface area contributed by atoms with Crippen molar-refractivity contribution in [2.75, 3.05) is 22.1 Å².